The average molecular weight is 286 g/mol. The van der Waals surface area contributed by atoms with Crippen LogP contribution in [0.15, 0.2) is 18.2 Å². The first-order chi connectivity index (χ1) is 8.70. The molecule has 2 nitrogen and oxygen atoms in total. The van der Waals surface area contributed by atoms with E-state index in [1.807, 2.05) is 12.1 Å². The Morgan fingerprint density at radius 3 is 2.61 bits per heavy atom. The third-order valence-corrected chi connectivity index (χ3v) is 5.34. The van der Waals surface area contributed by atoms with Gasteiger partial charge in [-0.1, -0.05) is 29.3 Å². The first kappa shape index (κ1) is 12.7. The molecule has 2 aliphatic rings. The topological polar surface area (TPSA) is 21.3 Å². The van der Waals surface area contributed by atoms with Crippen molar-refractivity contribution < 1.29 is 4.74 Å². The van der Waals surface area contributed by atoms with E-state index >= 15 is 0 Å². The summed E-state index contributed by atoms with van der Waals surface area (Å²) in [5, 5.41) is 4.74. The molecule has 0 radical (unpaired) electrons. The Morgan fingerprint density at radius 1 is 1.28 bits per heavy atom. The molecule has 1 heterocycles. The summed E-state index contributed by atoms with van der Waals surface area (Å²) >= 11 is 12.2. The molecule has 1 N–H and O–H groups in total. The van der Waals surface area contributed by atoms with Gasteiger partial charge in [0.15, 0.2) is 0 Å². The Morgan fingerprint density at radius 2 is 2.00 bits per heavy atom. The predicted molar refractivity (Wildman–Crippen MR) is 74.5 cm³/mol. The van der Waals surface area contributed by atoms with E-state index in [2.05, 4.69) is 11.4 Å². The molecule has 1 aromatic carbocycles. The summed E-state index contributed by atoms with van der Waals surface area (Å²) in [4.78, 5) is 0. The first-order valence-electron chi connectivity index (χ1n) is 6.35. The van der Waals surface area contributed by atoms with Crippen molar-refractivity contribution >= 4 is 23.2 Å². The molecule has 1 saturated carbocycles. The summed E-state index contributed by atoms with van der Waals surface area (Å²) in [6.07, 6.45) is 1.07. The number of halogens is 2. The quantitative estimate of drug-likeness (QED) is 0.918. The van der Waals surface area contributed by atoms with Gasteiger partial charge in [0.2, 0.25) is 0 Å². The van der Waals surface area contributed by atoms with E-state index < -0.39 is 0 Å². The van der Waals surface area contributed by atoms with E-state index in [1.165, 1.54) is 5.56 Å². The van der Waals surface area contributed by atoms with Gasteiger partial charge in [-0.25, -0.2) is 0 Å². The van der Waals surface area contributed by atoms with Crippen LogP contribution in [0, 0.1) is 11.8 Å². The summed E-state index contributed by atoms with van der Waals surface area (Å²) in [7, 11) is 1.76. The highest BCUT2D eigenvalue weighted by Crippen LogP contribution is 2.64. The van der Waals surface area contributed by atoms with Crippen molar-refractivity contribution in [3.05, 3.63) is 33.8 Å². The number of nitrogens with one attached hydrogen (secondary N) is 1. The molecule has 98 valence electrons. The van der Waals surface area contributed by atoms with E-state index in [4.69, 9.17) is 27.9 Å². The number of methoxy groups -OCH3 is 1. The highest BCUT2D eigenvalue weighted by atomic mass is 35.5. The van der Waals surface area contributed by atoms with Crippen molar-refractivity contribution in [2.24, 2.45) is 11.8 Å². The van der Waals surface area contributed by atoms with Crippen molar-refractivity contribution in [1.82, 2.24) is 5.32 Å². The number of fused-ring (bicyclic) bond motifs is 1. The SMILES string of the molecule is COCCC1(c2ccc(Cl)c(Cl)c2)[C@@H]2CNC[C@@H]21. The lowest BCUT2D eigenvalue weighted by Gasteiger charge is -2.22. The molecule has 4 heteroatoms. The van der Waals surface area contributed by atoms with Gasteiger partial charge in [-0.05, 0) is 49.0 Å². The molecule has 0 bridgehead atoms. The molecular formula is C14H17Cl2NO. The van der Waals surface area contributed by atoms with Gasteiger partial charge in [-0.3, -0.25) is 0 Å². The van der Waals surface area contributed by atoms with Crippen molar-refractivity contribution in [2.75, 3.05) is 26.8 Å². The minimum Gasteiger partial charge on any atom is -0.385 e. The molecule has 2 fully saturated rings. The van der Waals surface area contributed by atoms with Crippen molar-refractivity contribution in [1.29, 1.82) is 0 Å². The van der Waals surface area contributed by atoms with Gasteiger partial charge in [0.05, 0.1) is 10.0 Å². The van der Waals surface area contributed by atoms with Gasteiger partial charge < -0.3 is 10.1 Å². The number of piperidine rings is 1. The van der Waals surface area contributed by atoms with Crippen LogP contribution in [0.5, 0.6) is 0 Å². The van der Waals surface area contributed by atoms with Gasteiger partial charge in [-0.2, -0.15) is 0 Å². The number of hydrogen-bond donors (Lipinski definition) is 1. The van der Waals surface area contributed by atoms with Crippen LogP contribution in [-0.2, 0) is 10.2 Å². The molecule has 18 heavy (non-hydrogen) atoms. The number of ether oxygens (including phenoxy) is 1. The first-order valence-corrected chi connectivity index (χ1v) is 7.11. The van der Waals surface area contributed by atoms with Gasteiger partial charge in [-0.15, -0.1) is 0 Å². The number of rotatable bonds is 4. The van der Waals surface area contributed by atoms with Crippen LogP contribution in [-0.4, -0.2) is 26.8 Å². The molecule has 1 saturated heterocycles. The highest BCUT2D eigenvalue weighted by Gasteiger charge is 2.66. The van der Waals surface area contributed by atoms with Crippen molar-refractivity contribution in [3.63, 3.8) is 0 Å². The molecule has 0 spiro atoms. The zero-order valence-electron chi connectivity index (χ0n) is 10.4. The average Bonchev–Trinajstić information content (AvgIpc) is 2.74. The van der Waals surface area contributed by atoms with Crippen LogP contribution in [0.1, 0.15) is 12.0 Å². The maximum atomic E-state index is 6.16. The highest BCUT2D eigenvalue weighted by molar-refractivity contribution is 6.42. The van der Waals surface area contributed by atoms with Gasteiger partial charge in [0, 0.05) is 19.1 Å². The van der Waals surface area contributed by atoms with Gasteiger partial charge in [0.25, 0.3) is 0 Å². The van der Waals surface area contributed by atoms with E-state index in [1.54, 1.807) is 7.11 Å². The van der Waals surface area contributed by atoms with Crippen LogP contribution in [0.25, 0.3) is 0 Å². The standard InChI is InChI=1S/C14H17Cl2NO/c1-18-5-4-14(10-7-17-8-11(10)14)9-2-3-12(15)13(16)6-9/h2-3,6,10-11,17H,4-5,7-8H2,1H3/t10-,11+,14?. The molecule has 0 aromatic heterocycles. The monoisotopic (exact) mass is 285 g/mol. The van der Waals surface area contributed by atoms with Crippen LogP contribution in [0.2, 0.25) is 10.0 Å². The lowest BCUT2D eigenvalue weighted by Crippen LogP contribution is -2.26. The van der Waals surface area contributed by atoms with Crippen molar-refractivity contribution in [2.45, 2.75) is 11.8 Å². The minimum atomic E-state index is 0.259. The van der Waals surface area contributed by atoms with Crippen LogP contribution < -0.4 is 5.32 Å². The second-order valence-electron chi connectivity index (χ2n) is 5.28. The Balaban J connectivity index is 1.92. The van der Waals surface area contributed by atoms with E-state index in [0.29, 0.717) is 10.0 Å². The smallest absolute Gasteiger partial charge is 0.0595 e. The molecular weight excluding hydrogens is 269 g/mol. The maximum absolute atomic E-state index is 6.16. The summed E-state index contributed by atoms with van der Waals surface area (Å²) in [6.45, 7) is 3.01. The Hall–Kier alpha value is -0.280. The maximum Gasteiger partial charge on any atom is 0.0595 e. The molecule has 3 rings (SSSR count). The molecule has 0 amide bonds. The fraction of sp³-hybridized carbons (Fsp3) is 0.571. The third kappa shape index (κ3) is 1.78. The number of hydrogen-bond acceptors (Lipinski definition) is 2. The number of benzene rings is 1. The molecule has 1 aliphatic carbocycles. The molecule has 1 aliphatic heterocycles. The van der Waals surface area contributed by atoms with Gasteiger partial charge >= 0.3 is 0 Å². The minimum absolute atomic E-state index is 0.259. The molecule has 1 unspecified atom stereocenters. The lowest BCUT2D eigenvalue weighted by molar-refractivity contribution is 0.179. The van der Waals surface area contributed by atoms with E-state index in [9.17, 15) is 0 Å². The fourth-order valence-corrected chi connectivity index (χ4v) is 3.95. The Labute approximate surface area is 118 Å². The Bertz CT molecular complexity index is 453. The van der Waals surface area contributed by atoms with E-state index in [-0.39, 0.29) is 5.41 Å². The van der Waals surface area contributed by atoms with Crippen LogP contribution >= 0.6 is 23.2 Å². The van der Waals surface area contributed by atoms with Crippen LogP contribution in [0.4, 0.5) is 0 Å². The second-order valence-corrected chi connectivity index (χ2v) is 6.10. The van der Waals surface area contributed by atoms with Crippen molar-refractivity contribution in [3.8, 4) is 0 Å². The summed E-state index contributed by atoms with van der Waals surface area (Å²) in [5.41, 5.74) is 1.58. The zero-order valence-corrected chi connectivity index (χ0v) is 11.9. The lowest BCUT2D eigenvalue weighted by atomic mass is 9.87. The second kappa shape index (κ2) is 4.68. The summed E-state index contributed by atoms with van der Waals surface area (Å²) < 4.78 is 5.28. The van der Waals surface area contributed by atoms with E-state index in [0.717, 1.165) is 38.0 Å². The zero-order chi connectivity index (χ0) is 12.8. The summed E-state index contributed by atoms with van der Waals surface area (Å²) in [6, 6.07) is 6.08. The summed E-state index contributed by atoms with van der Waals surface area (Å²) in [5.74, 6) is 1.45. The third-order valence-electron chi connectivity index (χ3n) is 4.61. The normalized spacial score (nSPS) is 33.5. The largest absolute Gasteiger partial charge is 0.385 e. The molecule has 3 atom stereocenters. The van der Waals surface area contributed by atoms with Crippen LogP contribution in [0.3, 0.4) is 0 Å². The molecule has 1 aromatic rings. The Kier molecular flexibility index (Phi) is 3.31. The fourth-order valence-electron chi connectivity index (χ4n) is 3.65. The predicted octanol–water partition coefficient (Wildman–Crippen LogP) is 3.12. The van der Waals surface area contributed by atoms with Gasteiger partial charge in [0.1, 0.15) is 0 Å².